The number of aliphatic hydroxyl groups is 1. The topological polar surface area (TPSA) is 38.7 Å². The fraction of sp³-hybridized carbons (Fsp3) is 0.538. The molecular formula is C13H16Cl2O3S. The molecule has 0 aliphatic carbocycles. The van der Waals surface area contributed by atoms with Gasteiger partial charge in [0.25, 0.3) is 0 Å². The molecule has 0 radical (unpaired) electrons. The van der Waals surface area contributed by atoms with E-state index in [1.54, 1.807) is 30.0 Å². The average molecular weight is 323 g/mol. The molecule has 0 atom stereocenters. The third-order valence-corrected chi connectivity index (χ3v) is 4.82. The van der Waals surface area contributed by atoms with Gasteiger partial charge < -0.3 is 14.6 Å². The van der Waals surface area contributed by atoms with Crippen molar-refractivity contribution in [3.63, 3.8) is 0 Å². The van der Waals surface area contributed by atoms with E-state index >= 15 is 0 Å². The Morgan fingerprint density at radius 3 is 2.53 bits per heavy atom. The minimum atomic E-state index is -0.0489. The zero-order chi connectivity index (χ0) is 13.7. The van der Waals surface area contributed by atoms with Gasteiger partial charge >= 0.3 is 0 Å². The SMILES string of the molecule is OCC1(CSCCOc2c(Cl)cccc2Cl)COC1. The first-order chi connectivity index (χ1) is 9.17. The van der Waals surface area contributed by atoms with Gasteiger partial charge in [-0.2, -0.15) is 11.8 Å². The van der Waals surface area contributed by atoms with Gasteiger partial charge in [0.15, 0.2) is 5.75 Å². The smallest absolute Gasteiger partial charge is 0.156 e. The third kappa shape index (κ3) is 3.92. The van der Waals surface area contributed by atoms with E-state index in [-0.39, 0.29) is 12.0 Å². The summed E-state index contributed by atoms with van der Waals surface area (Å²) in [7, 11) is 0. The first-order valence-corrected chi connectivity index (χ1v) is 7.91. The molecule has 6 heteroatoms. The molecule has 0 aromatic heterocycles. The number of hydrogen-bond donors (Lipinski definition) is 1. The first-order valence-electron chi connectivity index (χ1n) is 6.00. The maximum atomic E-state index is 9.28. The second kappa shape index (κ2) is 7.04. The van der Waals surface area contributed by atoms with Gasteiger partial charge in [0, 0.05) is 16.9 Å². The largest absolute Gasteiger partial charge is 0.490 e. The number of aliphatic hydroxyl groups excluding tert-OH is 1. The monoisotopic (exact) mass is 322 g/mol. The van der Waals surface area contributed by atoms with Crippen LogP contribution in [0.15, 0.2) is 18.2 Å². The normalized spacial score (nSPS) is 17.0. The standard InChI is InChI=1S/C13H16Cl2O3S/c14-10-2-1-3-11(15)12(10)18-4-5-19-9-13(6-16)7-17-8-13/h1-3,16H,4-9H2. The maximum absolute atomic E-state index is 9.28. The van der Waals surface area contributed by atoms with Gasteiger partial charge in [0.2, 0.25) is 0 Å². The Morgan fingerprint density at radius 2 is 2.00 bits per heavy atom. The van der Waals surface area contributed by atoms with Gasteiger partial charge in [-0.15, -0.1) is 0 Å². The van der Waals surface area contributed by atoms with Gasteiger partial charge in [0.1, 0.15) is 0 Å². The van der Waals surface area contributed by atoms with E-state index in [1.165, 1.54) is 0 Å². The van der Waals surface area contributed by atoms with Crippen molar-refractivity contribution in [3.8, 4) is 5.75 Å². The number of ether oxygens (including phenoxy) is 2. The first kappa shape index (κ1) is 15.3. The van der Waals surface area contributed by atoms with Crippen molar-refractivity contribution in [2.75, 3.05) is 37.9 Å². The molecule has 1 aliphatic rings. The molecule has 3 nitrogen and oxygen atoms in total. The predicted molar refractivity (Wildman–Crippen MR) is 79.6 cm³/mol. The molecule has 0 bridgehead atoms. The van der Waals surface area contributed by atoms with Crippen LogP contribution in [0.5, 0.6) is 5.75 Å². The summed E-state index contributed by atoms with van der Waals surface area (Å²) in [5.74, 6) is 2.24. The molecule has 106 valence electrons. The molecule has 0 unspecified atom stereocenters. The summed E-state index contributed by atoms with van der Waals surface area (Å²) >= 11 is 13.7. The molecule has 1 saturated heterocycles. The Kier molecular flexibility index (Phi) is 5.66. The number of rotatable bonds is 7. The Hall–Kier alpha value is -0.130. The Bertz CT molecular complexity index is 399. The second-order valence-corrected chi connectivity index (χ2v) is 6.52. The van der Waals surface area contributed by atoms with E-state index < -0.39 is 0 Å². The van der Waals surface area contributed by atoms with Gasteiger partial charge in [-0.05, 0) is 12.1 Å². The van der Waals surface area contributed by atoms with E-state index in [0.29, 0.717) is 35.6 Å². The highest BCUT2D eigenvalue weighted by Crippen LogP contribution is 2.33. The van der Waals surface area contributed by atoms with E-state index in [2.05, 4.69) is 0 Å². The van der Waals surface area contributed by atoms with Crippen molar-refractivity contribution in [1.82, 2.24) is 0 Å². The summed E-state index contributed by atoms with van der Waals surface area (Å²) in [5.41, 5.74) is -0.0489. The van der Waals surface area contributed by atoms with Crippen molar-refractivity contribution in [1.29, 1.82) is 0 Å². The van der Waals surface area contributed by atoms with E-state index in [4.69, 9.17) is 32.7 Å². The summed E-state index contributed by atoms with van der Waals surface area (Å²) in [5, 5.41) is 10.3. The fourth-order valence-electron chi connectivity index (χ4n) is 1.72. The molecular weight excluding hydrogens is 307 g/mol. The van der Waals surface area contributed by atoms with Crippen LogP contribution in [0.4, 0.5) is 0 Å². The minimum absolute atomic E-state index is 0.0489. The van der Waals surface area contributed by atoms with Crippen LogP contribution in [0.25, 0.3) is 0 Å². The lowest BCUT2D eigenvalue weighted by atomic mass is 9.90. The zero-order valence-electron chi connectivity index (χ0n) is 10.4. The quantitative estimate of drug-likeness (QED) is 0.783. The molecule has 1 heterocycles. The summed E-state index contributed by atoms with van der Waals surface area (Å²) in [4.78, 5) is 0. The molecule has 1 aliphatic heterocycles. The fourth-order valence-corrected chi connectivity index (χ4v) is 3.27. The molecule has 0 amide bonds. The maximum Gasteiger partial charge on any atom is 0.156 e. The van der Waals surface area contributed by atoms with Gasteiger partial charge in [-0.25, -0.2) is 0 Å². The third-order valence-electron chi connectivity index (χ3n) is 2.95. The number of para-hydroxylation sites is 1. The van der Waals surface area contributed by atoms with Crippen LogP contribution in [0.3, 0.4) is 0 Å². The summed E-state index contributed by atoms with van der Waals surface area (Å²) in [6.07, 6.45) is 0. The van der Waals surface area contributed by atoms with Crippen molar-refractivity contribution >= 4 is 35.0 Å². The lowest BCUT2D eigenvalue weighted by molar-refractivity contribution is -0.121. The van der Waals surface area contributed by atoms with Crippen molar-refractivity contribution in [2.45, 2.75) is 0 Å². The highest BCUT2D eigenvalue weighted by Gasteiger charge is 2.37. The molecule has 0 spiro atoms. The predicted octanol–water partition coefficient (Wildman–Crippen LogP) is 3.11. The van der Waals surface area contributed by atoms with Crippen LogP contribution < -0.4 is 4.74 Å². The highest BCUT2D eigenvalue weighted by atomic mass is 35.5. The molecule has 1 fully saturated rings. The molecule has 1 aromatic carbocycles. The Morgan fingerprint density at radius 1 is 1.32 bits per heavy atom. The van der Waals surface area contributed by atoms with Crippen molar-refractivity contribution < 1.29 is 14.6 Å². The molecule has 0 saturated carbocycles. The summed E-state index contributed by atoms with van der Waals surface area (Å²) < 4.78 is 10.7. The van der Waals surface area contributed by atoms with Crippen LogP contribution in [0.2, 0.25) is 10.0 Å². The van der Waals surface area contributed by atoms with Crippen LogP contribution in [0, 0.1) is 5.41 Å². The van der Waals surface area contributed by atoms with Crippen molar-refractivity contribution in [3.05, 3.63) is 28.2 Å². The Balaban J connectivity index is 1.69. The number of hydrogen-bond acceptors (Lipinski definition) is 4. The van der Waals surface area contributed by atoms with Crippen LogP contribution in [-0.2, 0) is 4.74 Å². The molecule has 1 aromatic rings. The number of thioether (sulfide) groups is 1. The number of benzene rings is 1. The molecule has 1 N–H and O–H groups in total. The highest BCUT2D eigenvalue weighted by molar-refractivity contribution is 7.99. The minimum Gasteiger partial charge on any atom is -0.490 e. The van der Waals surface area contributed by atoms with Gasteiger partial charge in [-0.3, -0.25) is 0 Å². The number of halogens is 2. The van der Waals surface area contributed by atoms with Gasteiger partial charge in [0.05, 0.1) is 36.5 Å². The lowest BCUT2D eigenvalue weighted by Gasteiger charge is -2.39. The summed E-state index contributed by atoms with van der Waals surface area (Å²) in [6.45, 7) is 2.01. The van der Waals surface area contributed by atoms with Gasteiger partial charge in [-0.1, -0.05) is 29.3 Å². The van der Waals surface area contributed by atoms with E-state index in [9.17, 15) is 5.11 Å². The molecule has 2 rings (SSSR count). The average Bonchev–Trinajstić information content (AvgIpc) is 2.35. The second-order valence-electron chi connectivity index (χ2n) is 4.60. The van der Waals surface area contributed by atoms with Crippen LogP contribution in [-0.4, -0.2) is 43.0 Å². The zero-order valence-corrected chi connectivity index (χ0v) is 12.7. The van der Waals surface area contributed by atoms with E-state index in [0.717, 1.165) is 11.5 Å². The van der Waals surface area contributed by atoms with Crippen LogP contribution >= 0.6 is 35.0 Å². The van der Waals surface area contributed by atoms with E-state index in [1.807, 2.05) is 0 Å². The Labute approximate surface area is 127 Å². The molecule has 19 heavy (non-hydrogen) atoms. The van der Waals surface area contributed by atoms with Crippen LogP contribution in [0.1, 0.15) is 0 Å². The lowest BCUT2D eigenvalue weighted by Crippen LogP contribution is -2.47. The summed E-state index contributed by atoms with van der Waals surface area (Å²) in [6, 6.07) is 5.29. The van der Waals surface area contributed by atoms with Crippen molar-refractivity contribution in [2.24, 2.45) is 5.41 Å².